The van der Waals surface area contributed by atoms with Crippen molar-refractivity contribution in [2.75, 3.05) is 13.2 Å². The molecular formula is C13H23NO2. The van der Waals surface area contributed by atoms with Crippen LogP contribution in [0.1, 0.15) is 46.0 Å². The van der Waals surface area contributed by atoms with E-state index in [1.165, 1.54) is 6.42 Å². The van der Waals surface area contributed by atoms with Crippen LogP contribution in [-0.4, -0.2) is 18.3 Å². The van der Waals surface area contributed by atoms with Crippen LogP contribution in [0.25, 0.3) is 0 Å². The van der Waals surface area contributed by atoms with Gasteiger partial charge in [-0.15, -0.1) is 0 Å². The topological polar surface area (TPSA) is 49.7 Å². The molecule has 3 heteroatoms. The van der Waals surface area contributed by atoms with E-state index in [1.54, 1.807) is 0 Å². The van der Waals surface area contributed by atoms with Crippen LogP contribution in [-0.2, 0) is 0 Å². The van der Waals surface area contributed by atoms with E-state index in [9.17, 15) is 10.0 Å². The van der Waals surface area contributed by atoms with Crippen molar-refractivity contribution in [3.8, 4) is 0 Å². The molecule has 0 radical (unpaired) electrons. The van der Waals surface area contributed by atoms with Crippen LogP contribution in [0.4, 0.5) is 0 Å². The Morgan fingerprint density at radius 2 is 1.62 bits per heavy atom. The highest BCUT2D eigenvalue weighted by Crippen LogP contribution is 2.53. The van der Waals surface area contributed by atoms with Crippen molar-refractivity contribution in [1.82, 2.24) is 0 Å². The highest BCUT2D eigenvalue weighted by Gasteiger charge is 2.45. The maximum Gasteiger partial charge on any atom is 0.0864 e. The maximum atomic E-state index is 10.5. The van der Waals surface area contributed by atoms with E-state index in [2.05, 4.69) is 19.0 Å². The smallest absolute Gasteiger partial charge is 0.0864 e. The number of aliphatic hydroxyl groups excluding tert-OH is 1. The molecule has 0 saturated heterocycles. The molecule has 0 aromatic heterocycles. The molecule has 3 nitrogen and oxygen atoms in total. The van der Waals surface area contributed by atoms with Crippen LogP contribution in [0.2, 0.25) is 0 Å². The third-order valence-electron chi connectivity index (χ3n) is 4.62. The Morgan fingerprint density at radius 1 is 1.12 bits per heavy atom. The first-order chi connectivity index (χ1) is 7.49. The number of fused-ring (bicyclic) bond motifs is 2. The average Bonchev–Trinajstić information content (AvgIpc) is 2.15. The summed E-state index contributed by atoms with van der Waals surface area (Å²) >= 11 is 0. The third kappa shape index (κ3) is 2.29. The summed E-state index contributed by atoms with van der Waals surface area (Å²) in [5.74, 6) is 1.38. The lowest BCUT2D eigenvalue weighted by atomic mass is 9.55. The van der Waals surface area contributed by atoms with Crippen LogP contribution in [0.3, 0.4) is 0 Å². The molecule has 92 valence electrons. The van der Waals surface area contributed by atoms with Gasteiger partial charge in [-0.3, -0.25) is 0 Å². The Hall–Kier alpha value is -0.440. The van der Waals surface area contributed by atoms with Crippen LogP contribution in [0, 0.1) is 27.6 Å². The summed E-state index contributed by atoms with van der Waals surface area (Å²) < 4.78 is 0. The number of aliphatic hydroxyl groups is 1. The average molecular weight is 225 g/mol. The highest BCUT2D eigenvalue weighted by molar-refractivity contribution is 4.96. The number of nitrogens with zero attached hydrogens (tertiary/aromatic N) is 1. The van der Waals surface area contributed by atoms with E-state index < -0.39 is 0 Å². The first-order valence-corrected chi connectivity index (χ1v) is 6.39. The minimum absolute atomic E-state index is 0.128. The predicted molar refractivity (Wildman–Crippen MR) is 64.0 cm³/mol. The number of hydrogen-bond donors (Lipinski definition) is 1. The van der Waals surface area contributed by atoms with Gasteiger partial charge in [0.25, 0.3) is 0 Å². The first-order valence-electron chi connectivity index (χ1n) is 6.39. The monoisotopic (exact) mass is 225 g/mol. The molecule has 0 spiro atoms. The zero-order valence-corrected chi connectivity index (χ0v) is 10.4. The molecule has 2 bridgehead atoms. The Bertz CT molecular complexity index is 263. The highest BCUT2D eigenvalue weighted by atomic mass is 16.3. The van der Waals surface area contributed by atoms with Crippen molar-refractivity contribution in [2.24, 2.45) is 27.8 Å². The zero-order valence-electron chi connectivity index (χ0n) is 10.4. The van der Waals surface area contributed by atoms with Gasteiger partial charge in [-0.1, -0.05) is 19.0 Å². The van der Waals surface area contributed by atoms with Crippen molar-refractivity contribution in [3.63, 3.8) is 0 Å². The summed E-state index contributed by atoms with van der Waals surface area (Å²) in [7, 11) is 0. The molecule has 0 aromatic carbocycles. The summed E-state index contributed by atoms with van der Waals surface area (Å²) in [6.45, 7) is 5.18. The van der Waals surface area contributed by atoms with Crippen molar-refractivity contribution in [3.05, 3.63) is 4.91 Å². The summed E-state index contributed by atoms with van der Waals surface area (Å²) in [6.07, 6.45) is 5.77. The lowest BCUT2D eigenvalue weighted by molar-refractivity contribution is -0.0193. The summed E-state index contributed by atoms with van der Waals surface area (Å²) in [6, 6.07) is 0. The summed E-state index contributed by atoms with van der Waals surface area (Å²) in [5, 5.41) is 12.6. The van der Waals surface area contributed by atoms with Crippen LogP contribution >= 0.6 is 0 Å². The number of nitroso groups, excluding NO2 is 1. The largest absolute Gasteiger partial charge is 0.396 e. The molecule has 16 heavy (non-hydrogen) atoms. The molecule has 2 saturated carbocycles. The van der Waals surface area contributed by atoms with Gasteiger partial charge in [0, 0.05) is 6.61 Å². The van der Waals surface area contributed by atoms with E-state index in [1.807, 2.05) is 0 Å². The molecular weight excluding hydrogens is 202 g/mol. The summed E-state index contributed by atoms with van der Waals surface area (Å²) in [5.41, 5.74) is 0.260. The Labute approximate surface area is 97.6 Å². The molecule has 2 fully saturated rings. The Kier molecular flexibility index (Phi) is 3.08. The lowest BCUT2D eigenvalue weighted by Crippen LogP contribution is -2.42. The van der Waals surface area contributed by atoms with Crippen LogP contribution in [0.5, 0.6) is 0 Å². The van der Waals surface area contributed by atoms with Crippen molar-refractivity contribution in [1.29, 1.82) is 0 Å². The van der Waals surface area contributed by atoms with Gasteiger partial charge in [-0.2, -0.15) is 4.91 Å². The van der Waals surface area contributed by atoms with E-state index in [4.69, 9.17) is 0 Å². The van der Waals surface area contributed by atoms with E-state index in [-0.39, 0.29) is 10.8 Å². The molecule has 0 amide bonds. The minimum atomic E-state index is 0.128. The second kappa shape index (κ2) is 4.10. The molecule has 1 N–H and O–H groups in total. The van der Waals surface area contributed by atoms with Gasteiger partial charge >= 0.3 is 0 Å². The van der Waals surface area contributed by atoms with E-state index in [0.717, 1.165) is 25.7 Å². The van der Waals surface area contributed by atoms with E-state index in [0.29, 0.717) is 25.0 Å². The van der Waals surface area contributed by atoms with Crippen molar-refractivity contribution >= 4 is 0 Å². The summed E-state index contributed by atoms with van der Waals surface area (Å²) in [4.78, 5) is 10.5. The molecule has 2 aliphatic rings. The van der Waals surface area contributed by atoms with Gasteiger partial charge in [0.05, 0.1) is 6.54 Å². The molecule has 2 atom stereocenters. The molecule has 0 aromatic rings. The van der Waals surface area contributed by atoms with Gasteiger partial charge in [0.1, 0.15) is 0 Å². The van der Waals surface area contributed by atoms with Crippen LogP contribution in [0.15, 0.2) is 5.18 Å². The standard InChI is InChI=1S/C13H23NO2/c1-12(8-14-16)4-10-3-11(5-12)7-13(2,6-10)9-15/h10-11,15H,3-9H2,1-2H3. The Balaban J connectivity index is 2.08. The van der Waals surface area contributed by atoms with Gasteiger partial charge in [-0.05, 0) is 54.8 Å². The second-order valence-electron chi connectivity index (χ2n) is 6.85. The number of hydrogen-bond acceptors (Lipinski definition) is 3. The quantitative estimate of drug-likeness (QED) is 0.751. The van der Waals surface area contributed by atoms with Crippen LogP contribution < -0.4 is 0 Å². The minimum Gasteiger partial charge on any atom is -0.396 e. The molecule has 0 aliphatic heterocycles. The van der Waals surface area contributed by atoms with Gasteiger partial charge in [0.15, 0.2) is 0 Å². The fourth-order valence-electron chi connectivity index (χ4n) is 4.32. The Morgan fingerprint density at radius 3 is 2.06 bits per heavy atom. The fraction of sp³-hybridized carbons (Fsp3) is 1.00. The molecule has 2 aliphatic carbocycles. The molecule has 0 heterocycles. The third-order valence-corrected chi connectivity index (χ3v) is 4.62. The normalized spacial score (nSPS) is 47.7. The first kappa shape index (κ1) is 12.0. The predicted octanol–water partition coefficient (Wildman–Crippen LogP) is 2.97. The molecule has 2 unspecified atom stereocenters. The van der Waals surface area contributed by atoms with Gasteiger partial charge in [-0.25, -0.2) is 0 Å². The number of rotatable bonds is 3. The van der Waals surface area contributed by atoms with Crippen molar-refractivity contribution < 1.29 is 5.11 Å². The SMILES string of the molecule is CC1(CO)CC2CC(C1)CC(C)(CN=O)C2. The second-order valence-corrected chi connectivity index (χ2v) is 6.85. The lowest BCUT2D eigenvalue weighted by Gasteiger charge is -2.50. The fourth-order valence-corrected chi connectivity index (χ4v) is 4.32. The zero-order chi connectivity index (χ0) is 11.8. The maximum absolute atomic E-state index is 10.5. The molecule has 2 rings (SSSR count). The van der Waals surface area contributed by atoms with Crippen molar-refractivity contribution in [2.45, 2.75) is 46.0 Å². The van der Waals surface area contributed by atoms with Gasteiger partial charge < -0.3 is 5.11 Å². The van der Waals surface area contributed by atoms with Gasteiger partial charge in [0.2, 0.25) is 0 Å². The van der Waals surface area contributed by atoms with E-state index >= 15 is 0 Å².